The Morgan fingerprint density at radius 2 is 1.36 bits per heavy atom. The highest BCUT2D eigenvalue weighted by molar-refractivity contribution is 5.16. The van der Waals surface area contributed by atoms with E-state index in [4.69, 9.17) is 0 Å². The molecule has 1 spiro atoms. The molecule has 25 heavy (non-hydrogen) atoms. The summed E-state index contributed by atoms with van der Waals surface area (Å²) < 4.78 is 0. The van der Waals surface area contributed by atoms with Gasteiger partial charge < -0.3 is 0 Å². The topological polar surface area (TPSA) is 0 Å². The van der Waals surface area contributed by atoms with Gasteiger partial charge in [-0.15, -0.1) is 0 Å². The fraction of sp³-hybridized carbons (Fsp3) is 1.00. The van der Waals surface area contributed by atoms with Gasteiger partial charge in [0.2, 0.25) is 0 Å². The van der Waals surface area contributed by atoms with Gasteiger partial charge in [0.1, 0.15) is 0 Å². The number of hydrogen-bond donors (Lipinski definition) is 0. The molecule has 6 aliphatic carbocycles. The van der Waals surface area contributed by atoms with E-state index in [1.807, 2.05) is 0 Å². The van der Waals surface area contributed by atoms with Crippen LogP contribution in [0.1, 0.15) is 112 Å². The van der Waals surface area contributed by atoms with Crippen LogP contribution in [0, 0.1) is 44.8 Å². The Hall–Kier alpha value is 0. The van der Waals surface area contributed by atoms with Crippen molar-refractivity contribution in [3.05, 3.63) is 0 Å². The molecule has 6 aliphatic rings. The highest BCUT2D eigenvalue weighted by atomic mass is 14.7. The third-order valence-electron chi connectivity index (χ3n) is 11.2. The maximum absolute atomic E-state index is 2.72. The van der Waals surface area contributed by atoms with Gasteiger partial charge in [0.05, 0.1) is 0 Å². The lowest BCUT2D eigenvalue weighted by molar-refractivity contribution is -0.0781. The van der Waals surface area contributed by atoms with E-state index in [-0.39, 0.29) is 0 Å². The predicted molar refractivity (Wildman–Crippen MR) is 106 cm³/mol. The van der Waals surface area contributed by atoms with Crippen molar-refractivity contribution in [2.75, 3.05) is 0 Å². The SMILES string of the molecule is CC1C2(C)CC3CC4(C)CC(C)(CCC3CCC(C)(C2)C12CCC2)C4. The molecular formula is C25H42. The molecule has 5 unspecified atom stereocenters. The van der Waals surface area contributed by atoms with Gasteiger partial charge in [0.15, 0.2) is 0 Å². The lowest BCUT2D eigenvalue weighted by atomic mass is 9.47. The monoisotopic (exact) mass is 342 g/mol. The van der Waals surface area contributed by atoms with Gasteiger partial charge in [0, 0.05) is 0 Å². The van der Waals surface area contributed by atoms with Crippen molar-refractivity contribution < 1.29 is 0 Å². The summed E-state index contributed by atoms with van der Waals surface area (Å²) in [6.07, 6.45) is 18.5. The summed E-state index contributed by atoms with van der Waals surface area (Å²) in [6, 6.07) is 0. The zero-order chi connectivity index (χ0) is 17.7. The lowest BCUT2D eigenvalue weighted by Gasteiger charge is -2.58. The molecule has 0 aliphatic heterocycles. The first-order valence-electron chi connectivity index (χ1n) is 11.6. The van der Waals surface area contributed by atoms with Crippen molar-refractivity contribution in [2.45, 2.75) is 112 Å². The summed E-state index contributed by atoms with van der Waals surface area (Å²) in [7, 11) is 0. The molecule has 0 radical (unpaired) electrons. The maximum Gasteiger partial charge on any atom is -0.0213 e. The number of fused-ring (bicyclic) bond motifs is 4. The van der Waals surface area contributed by atoms with E-state index < -0.39 is 0 Å². The van der Waals surface area contributed by atoms with Crippen molar-refractivity contribution in [3.8, 4) is 0 Å². The Balaban J connectivity index is 1.48. The Bertz CT molecular complexity index is 563. The molecule has 4 bridgehead atoms. The van der Waals surface area contributed by atoms with Gasteiger partial charge in [-0.05, 0) is 115 Å². The first-order chi connectivity index (χ1) is 11.6. The average Bonchev–Trinajstić information content (AvgIpc) is 2.59. The van der Waals surface area contributed by atoms with E-state index in [0.717, 1.165) is 23.2 Å². The molecule has 0 N–H and O–H groups in total. The molecule has 6 rings (SSSR count). The first kappa shape index (κ1) is 17.1. The van der Waals surface area contributed by atoms with Crippen LogP contribution in [-0.4, -0.2) is 0 Å². The molecule has 5 atom stereocenters. The van der Waals surface area contributed by atoms with E-state index >= 15 is 0 Å². The zero-order valence-electron chi connectivity index (χ0n) is 17.7. The minimum absolute atomic E-state index is 0.626. The van der Waals surface area contributed by atoms with Crippen LogP contribution in [0.5, 0.6) is 0 Å². The third kappa shape index (κ3) is 2.18. The predicted octanol–water partition coefficient (Wildman–Crippen LogP) is 7.62. The van der Waals surface area contributed by atoms with Gasteiger partial charge in [-0.2, -0.15) is 0 Å². The summed E-state index contributed by atoms with van der Waals surface area (Å²) in [4.78, 5) is 0. The van der Waals surface area contributed by atoms with Gasteiger partial charge in [0.25, 0.3) is 0 Å². The summed E-state index contributed by atoms with van der Waals surface area (Å²) in [5, 5.41) is 0. The second-order valence-electron chi connectivity index (χ2n) is 13.1. The van der Waals surface area contributed by atoms with Crippen molar-refractivity contribution in [3.63, 3.8) is 0 Å². The Morgan fingerprint density at radius 3 is 2.00 bits per heavy atom. The molecule has 0 heterocycles. The standard InChI is InChI=1S/C25H42/c1-18-23(4)14-20-13-22(3)15-21(2,16-22)11-7-19(20)8-12-24(5,17-23)25(18)9-6-10-25/h18-20H,6-17H2,1-5H3. The van der Waals surface area contributed by atoms with Crippen LogP contribution in [-0.2, 0) is 0 Å². The highest BCUT2D eigenvalue weighted by Gasteiger charge is 2.66. The molecule has 6 fully saturated rings. The maximum atomic E-state index is 2.72. The van der Waals surface area contributed by atoms with Crippen LogP contribution in [0.3, 0.4) is 0 Å². The minimum Gasteiger partial charge on any atom is -0.0614 e. The number of hydrogen-bond acceptors (Lipinski definition) is 0. The Morgan fingerprint density at radius 1 is 0.680 bits per heavy atom. The Kier molecular flexibility index (Phi) is 3.34. The van der Waals surface area contributed by atoms with Gasteiger partial charge in [-0.1, -0.05) is 41.0 Å². The smallest absolute Gasteiger partial charge is 0.0213 e. The minimum atomic E-state index is 0.626. The lowest BCUT2D eigenvalue weighted by Crippen LogP contribution is -2.48. The fourth-order valence-electron chi connectivity index (χ4n) is 10.2. The average molecular weight is 343 g/mol. The van der Waals surface area contributed by atoms with Crippen LogP contribution < -0.4 is 0 Å². The zero-order valence-corrected chi connectivity index (χ0v) is 17.7. The summed E-state index contributed by atoms with van der Waals surface area (Å²) in [6.45, 7) is 13.3. The summed E-state index contributed by atoms with van der Waals surface area (Å²) >= 11 is 0. The van der Waals surface area contributed by atoms with Crippen LogP contribution in [0.15, 0.2) is 0 Å². The van der Waals surface area contributed by atoms with E-state index in [9.17, 15) is 0 Å². The number of rotatable bonds is 0. The largest absolute Gasteiger partial charge is 0.0614 e. The van der Waals surface area contributed by atoms with Gasteiger partial charge in [-0.25, -0.2) is 0 Å². The summed E-state index contributed by atoms with van der Waals surface area (Å²) in [5.41, 5.74) is 3.40. The molecule has 0 nitrogen and oxygen atoms in total. The third-order valence-corrected chi connectivity index (χ3v) is 11.2. The van der Waals surface area contributed by atoms with Crippen LogP contribution in [0.4, 0.5) is 0 Å². The van der Waals surface area contributed by atoms with E-state index in [1.165, 1.54) is 25.7 Å². The molecule has 142 valence electrons. The molecule has 0 aromatic carbocycles. The molecule has 0 aromatic rings. The van der Waals surface area contributed by atoms with E-state index in [0.29, 0.717) is 21.7 Å². The second-order valence-corrected chi connectivity index (χ2v) is 13.1. The normalized spacial score (nSPS) is 59.6. The second kappa shape index (κ2) is 4.88. The molecule has 0 aromatic heterocycles. The van der Waals surface area contributed by atoms with Crippen molar-refractivity contribution in [1.82, 2.24) is 0 Å². The summed E-state index contributed by atoms with van der Waals surface area (Å²) in [5.74, 6) is 3.03. The van der Waals surface area contributed by atoms with Crippen molar-refractivity contribution in [2.24, 2.45) is 44.8 Å². The Labute approximate surface area is 156 Å². The molecule has 0 saturated heterocycles. The van der Waals surface area contributed by atoms with Gasteiger partial charge in [-0.3, -0.25) is 0 Å². The molecule has 0 heteroatoms. The van der Waals surface area contributed by atoms with Crippen molar-refractivity contribution in [1.29, 1.82) is 0 Å². The molecular weight excluding hydrogens is 300 g/mol. The molecule has 6 saturated carbocycles. The van der Waals surface area contributed by atoms with Gasteiger partial charge >= 0.3 is 0 Å². The van der Waals surface area contributed by atoms with Crippen molar-refractivity contribution >= 4 is 0 Å². The first-order valence-corrected chi connectivity index (χ1v) is 11.6. The van der Waals surface area contributed by atoms with E-state index in [2.05, 4.69) is 34.6 Å². The quantitative estimate of drug-likeness (QED) is 0.425. The molecule has 0 amide bonds. The highest BCUT2D eigenvalue weighted by Crippen LogP contribution is 2.76. The van der Waals surface area contributed by atoms with Crippen LogP contribution >= 0.6 is 0 Å². The van der Waals surface area contributed by atoms with Crippen LogP contribution in [0.25, 0.3) is 0 Å². The van der Waals surface area contributed by atoms with E-state index in [1.54, 1.807) is 51.4 Å². The fourth-order valence-corrected chi connectivity index (χ4v) is 10.2. The van der Waals surface area contributed by atoms with Crippen LogP contribution in [0.2, 0.25) is 0 Å².